The molecule has 6 nitrogen and oxygen atoms in total. The van der Waals surface area contributed by atoms with Crippen molar-refractivity contribution in [3.63, 3.8) is 0 Å². The molecule has 8 heteroatoms. The first kappa shape index (κ1) is 22.5. The zero-order valence-corrected chi connectivity index (χ0v) is 18.4. The highest BCUT2D eigenvalue weighted by Crippen LogP contribution is 2.23. The van der Waals surface area contributed by atoms with Crippen LogP contribution < -0.4 is 5.32 Å². The van der Waals surface area contributed by atoms with E-state index in [2.05, 4.69) is 10.4 Å². The van der Waals surface area contributed by atoms with Crippen LogP contribution in [0.25, 0.3) is 0 Å². The topological polar surface area (TPSA) is 67.2 Å². The van der Waals surface area contributed by atoms with E-state index in [-0.39, 0.29) is 22.4 Å². The molecule has 0 saturated carbocycles. The highest BCUT2D eigenvalue weighted by molar-refractivity contribution is 6.33. The summed E-state index contributed by atoms with van der Waals surface area (Å²) in [6.45, 7) is 7.05. The van der Waals surface area contributed by atoms with Crippen LogP contribution in [0, 0.1) is 12.7 Å². The first-order valence-electron chi connectivity index (χ1n) is 10.0. The maximum atomic E-state index is 13.1. The van der Waals surface area contributed by atoms with E-state index in [0.717, 1.165) is 5.56 Å². The lowest BCUT2D eigenvalue weighted by Gasteiger charge is -2.19. The molecule has 3 aromatic rings. The second kappa shape index (κ2) is 9.75. The summed E-state index contributed by atoms with van der Waals surface area (Å²) in [5, 5.41) is 7.34. The molecule has 0 spiro atoms. The van der Waals surface area contributed by atoms with Crippen LogP contribution in [-0.4, -0.2) is 39.6 Å². The fraction of sp³-hybridized carbons (Fsp3) is 0.261. The third kappa shape index (κ3) is 5.11. The summed E-state index contributed by atoms with van der Waals surface area (Å²) < 4.78 is 14.6. The van der Waals surface area contributed by atoms with Gasteiger partial charge in [0.1, 0.15) is 11.0 Å². The number of benzene rings is 2. The average molecular weight is 443 g/mol. The second-order valence-corrected chi connectivity index (χ2v) is 7.41. The quantitative estimate of drug-likeness (QED) is 0.573. The molecule has 1 aromatic heterocycles. The van der Waals surface area contributed by atoms with Crippen LogP contribution in [0.4, 0.5) is 10.1 Å². The third-order valence-electron chi connectivity index (χ3n) is 4.96. The van der Waals surface area contributed by atoms with Crippen LogP contribution in [0.5, 0.6) is 0 Å². The van der Waals surface area contributed by atoms with Gasteiger partial charge in [0, 0.05) is 24.3 Å². The molecule has 3 rings (SSSR count). The average Bonchev–Trinajstić information content (AvgIpc) is 3.03. The number of carbonyl (C=O) groups excluding carboxylic acids is 2. The van der Waals surface area contributed by atoms with Crippen LogP contribution in [0.2, 0.25) is 5.15 Å². The van der Waals surface area contributed by atoms with E-state index < -0.39 is 5.91 Å². The monoisotopic (exact) mass is 442 g/mol. The molecule has 0 saturated heterocycles. The number of aryl methyl sites for hydroxylation is 1. The van der Waals surface area contributed by atoms with Crippen molar-refractivity contribution < 1.29 is 14.0 Å². The Hall–Kier alpha value is -3.19. The molecule has 2 aromatic carbocycles. The zero-order chi connectivity index (χ0) is 22.5. The summed E-state index contributed by atoms with van der Waals surface area (Å²) in [5.74, 6) is -0.837. The van der Waals surface area contributed by atoms with Crippen LogP contribution in [-0.2, 0) is 6.54 Å². The minimum Gasteiger partial charge on any atom is -0.339 e. The summed E-state index contributed by atoms with van der Waals surface area (Å²) in [6, 6.07) is 12.8. The molecule has 0 aliphatic heterocycles. The number of anilines is 1. The Bertz CT molecular complexity index is 1090. The van der Waals surface area contributed by atoms with E-state index in [0.29, 0.717) is 36.6 Å². The van der Waals surface area contributed by atoms with Crippen molar-refractivity contribution in [2.24, 2.45) is 0 Å². The van der Waals surface area contributed by atoms with Gasteiger partial charge in [-0.3, -0.25) is 9.59 Å². The number of hydrogen-bond acceptors (Lipinski definition) is 3. The smallest absolute Gasteiger partial charge is 0.260 e. The summed E-state index contributed by atoms with van der Waals surface area (Å²) in [6.07, 6.45) is 0. The lowest BCUT2D eigenvalue weighted by atomic mass is 10.1. The second-order valence-electron chi connectivity index (χ2n) is 7.05. The molecule has 0 unspecified atom stereocenters. The van der Waals surface area contributed by atoms with Gasteiger partial charge in [-0.1, -0.05) is 29.8 Å². The lowest BCUT2D eigenvalue weighted by molar-refractivity contribution is 0.0772. The van der Waals surface area contributed by atoms with Gasteiger partial charge >= 0.3 is 0 Å². The van der Waals surface area contributed by atoms with Gasteiger partial charge in [0.2, 0.25) is 0 Å². The van der Waals surface area contributed by atoms with E-state index in [4.69, 9.17) is 11.6 Å². The molecular formula is C23H24ClFN4O2. The minimum atomic E-state index is -0.416. The predicted molar refractivity (Wildman–Crippen MR) is 119 cm³/mol. The highest BCUT2D eigenvalue weighted by Gasteiger charge is 2.21. The Kier molecular flexibility index (Phi) is 7.07. The van der Waals surface area contributed by atoms with Crippen LogP contribution in [0.1, 0.15) is 45.8 Å². The Morgan fingerprint density at radius 2 is 1.81 bits per heavy atom. The van der Waals surface area contributed by atoms with Gasteiger partial charge in [-0.25, -0.2) is 9.07 Å². The van der Waals surface area contributed by atoms with Crippen molar-refractivity contribution in [1.82, 2.24) is 14.7 Å². The molecule has 0 fully saturated rings. The molecule has 2 amide bonds. The Labute approximate surface area is 185 Å². The van der Waals surface area contributed by atoms with Crippen molar-refractivity contribution >= 4 is 29.1 Å². The molecule has 0 aliphatic rings. The first-order chi connectivity index (χ1) is 14.8. The Morgan fingerprint density at radius 3 is 2.45 bits per heavy atom. The standard InChI is InChI=1S/C23H24ClFN4O2/c1-4-28(5-2)23(31)17-7-6-8-19(13-17)26-22(30)20-15(3)27-29(21(20)24)14-16-9-11-18(25)12-10-16/h6-13H,4-5,14H2,1-3H3,(H,26,30). The van der Waals surface area contributed by atoms with E-state index in [1.807, 2.05) is 13.8 Å². The van der Waals surface area contributed by atoms with Gasteiger partial charge in [0.05, 0.1) is 17.8 Å². The number of aromatic nitrogens is 2. The number of carbonyl (C=O) groups is 2. The number of hydrogen-bond donors (Lipinski definition) is 1. The van der Waals surface area contributed by atoms with Crippen molar-refractivity contribution in [1.29, 1.82) is 0 Å². The summed E-state index contributed by atoms with van der Waals surface area (Å²) >= 11 is 6.44. The molecule has 31 heavy (non-hydrogen) atoms. The van der Waals surface area contributed by atoms with E-state index in [1.165, 1.54) is 16.8 Å². The van der Waals surface area contributed by atoms with Crippen molar-refractivity contribution in [3.05, 3.63) is 81.9 Å². The summed E-state index contributed by atoms with van der Waals surface area (Å²) in [5.41, 5.74) is 2.52. The van der Waals surface area contributed by atoms with E-state index in [1.54, 1.807) is 48.2 Å². The van der Waals surface area contributed by atoms with Crippen molar-refractivity contribution in [3.8, 4) is 0 Å². The summed E-state index contributed by atoms with van der Waals surface area (Å²) in [7, 11) is 0. The molecule has 0 radical (unpaired) electrons. The first-order valence-corrected chi connectivity index (χ1v) is 10.4. The van der Waals surface area contributed by atoms with E-state index >= 15 is 0 Å². The molecule has 0 bridgehead atoms. The molecule has 0 atom stereocenters. The van der Waals surface area contributed by atoms with Crippen molar-refractivity contribution in [2.45, 2.75) is 27.3 Å². The minimum absolute atomic E-state index is 0.0950. The van der Waals surface area contributed by atoms with Gasteiger partial charge in [-0.15, -0.1) is 0 Å². The predicted octanol–water partition coefficient (Wildman–Crippen LogP) is 4.77. The van der Waals surface area contributed by atoms with Gasteiger partial charge in [0.25, 0.3) is 11.8 Å². The zero-order valence-electron chi connectivity index (χ0n) is 17.7. The Morgan fingerprint density at radius 1 is 1.13 bits per heavy atom. The number of nitrogens with one attached hydrogen (secondary N) is 1. The number of rotatable bonds is 7. The normalized spacial score (nSPS) is 10.7. The van der Waals surface area contributed by atoms with Gasteiger partial charge < -0.3 is 10.2 Å². The van der Waals surface area contributed by atoms with Crippen LogP contribution in [0.3, 0.4) is 0 Å². The van der Waals surface area contributed by atoms with Crippen LogP contribution in [0.15, 0.2) is 48.5 Å². The SMILES string of the molecule is CCN(CC)C(=O)c1cccc(NC(=O)c2c(C)nn(Cc3ccc(F)cc3)c2Cl)c1. The van der Waals surface area contributed by atoms with Gasteiger partial charge in [-0.2, -0.15) is 5.10 Å². The fourth-order valence-corrected chi connectivity index (χ4v) is 3.62. The van der Waals surface area contributed by atoms with Crippen LogP contribution >= 0.6 is 11.6 Å². The largest absolute Gasteiger partial charge is 0.339 e. The molecular weight excluding hydrogens is 419 g/mol. The molecule has 1 heterocycles. The molecule has 0 aliphatic carbocycles. The third-order valence-corrected chi connectivity index (χ3v) is 5.34. The van der Waals surface area contributed by atoms with E-state index in [9.17, 15) is 14.0 Å². The lowest BCUT2D eigenvalue weighted by Crippen LogP contribution is -2.30. The maximum Gasteiger partial charge on any atom is 0.260 e. The fourth-order valence-electron chi connectivity index (χ4n) is 3.30. The number of amides is 2. The van der Waals surface area contributed by atoms with Crippen molar-refractivity contribution in [2.75, 3.05) is 18.4 Å². The van der Waals surface area contributed by atoms with Gasteiger partial charge in [-0.05, 0) is 56.7 Å². The number of nitrogens with zero attached hydrogens (tertiary/aromatic N) is 3. The molecule has 162 valence electrons. The maximum absolute atomic E-state index is 13.1. The molecule has 1 N–H and O–H groups in total. The Balaban J connectivity index is 1.79. The summed E-state index contributed by atoms with van der Waals surface area (Å²) in [4.78, 5) is 27.2. The highest BCUT2D eigenvalue weighted by atomic mass is 35.5. The van der Waals surface area contributed by atoms with Gasteiger partial charge in [0.15, 0.2) is 0 Å². The number of halogens is 2.